The highest BCUT2D eigenvalue weighted by molar-refractivity contribution is 8.00. The van der Waals surface area contributed by atoms with E-state index in [9.17, 15) is 28.0 Å². The number of ether oxygens (including phenoxy) is 2. The third-order valence-electron chi connectivity index (χ3n) is 4.69. The lowest BCUT2D eigenvalue weighted by Crippen LogP contribution is -2.71. The summed E-state index contributed by atoms with van der Waals surface area (Å²) in [6, 6.07) is -1.07. The van der Waals surface area contributed by atoms with Crippen LogP contribution in [0.15, 0.2) is 34.0 Å². The van der Waals surface area contributed by atoms with Crippen LogP contribution in [-0.4, -0.2) is 76.3 Å². The number of nitrogens with two attached hydrogens (primary N) is 1. The number of thioether (sulfide) groups is 1. The van der Waals surface area contributed by atoms with Crippen LogP contribution in [0.5, 0.6) is 0 Å². The van der Waals surface area contributed by atoms with Gasteiger partial charge in [-0.05, 0) is 11.6 Å². The Labute approximate surface area is 211 Å². The van der Waals surface area contributed by atoms with E-state index in [1.54, 1.807) is 0 Å². The van der Waals surface area contributed by atoms with Crippen molar-refractivity contribution in [2.45, 2.75) is 38.0 Å². The van der Waals surface area contributed by atoms with E-state index in [2.05, 4.69) is 15.5 Å². The number of carbonyl (C=O) groups excluding carboxylic acids is 4. The lowest BCUT2D eigenvalue weighted by atomic mass is 10.0. The van der Waals surface area contributed by atoms with Crippen molar-refractivity contribution < 1.29 is 42.3 Å². The number of nitrogens with one attached hydrogen (secondary N) is 1. The van der Waals surface area contributed by atoms with Crippen molar-refractivity contribution in [1.82, 2.24) is 15.2 Å². The fourth-order valence-electron chi connectivity index (χ4n) is 3.32. The van der Waals surface area contributed by atoms with Crippen LogP contribution in [0, 0.1) is 0 Å². The molecule has 2 amide bonds. The number of nitrogens with zero attached hydrogens (tertiary/aromatic N) is 3. The Morgan fingerprint density at radius 3 is 2.67 bits per heavy atom. The molecule has 16 heteroatoms. The molecule has 0 bridgehead atoms. The second-order valence-electron chi connectivity index (χ2n) is 7.20. The maximum atomic E-state index is 13.0. The molecule has 2 aliphatic rings. The maximum Gasteiger partial charge on any atom is 0.358 e. The molecule has 0 radical (unpaired) electrons. The molecule has 0 aromatic carbocycles. The Balaban J connectivity index is 1.83. The first-order chi connectivity index (χ1) is 17.0. The Morgan fingerprint density at radius 2 is 2.08 bits per heavy atom. The fourth-order valence-corrected chi connectivity index (χ4v) is 5.18. The van der Waals surface area contributed by atoms with Crippen LogP contribution in [0.2, 0.25) is 0 Å². The highest BCUT2D eigenvalue weighted by Crippen LogP contribution is 2.41. The number of fused-ring (bicyclic) bond motifs is 1. The van der Waals surface area contributed by atoms with Gasteiger partial charge in [-0.3, -0.25) is 19.3 Å². The van der Waals surface area contributed by atoms with Gasteiger partial charge in [0.15, 0.2) is 10.8 Å². The molecule has 1 aromatic heterocycles. The molecule has 3 N–H and O–H groups in total. The summed E-state index contributed by atoms with van der Waals surface area (Å²) in [5, 5.41) is 7.11. The van der Waals surface area contributed by atoms with Crippen LogP contribution in [0.3, 0.4) is 0 Å². The Kier molecular flexibility index (Phi) is 8.62. The van der Waals surface area contributed by atoms with Crippen LogP contribution in [0.1, 0.15) is 19.5 Å². The highest BCUT2D eigenvalue weighted by atomic mass is 32.2. The average Bonchev–Trinajstić information content (AvgIpc) is 3.23. The minimum atomic E-state index is -2.80. The molecule has 12 nitrogen and oxygen atoms in total. The number of carbonyl (C=O) groups is 4. The summed E-state index contributed by atoms with van der Waals surface area (Å²) in [6.45, 7) is 2.40. The third-order valence-corrected chi connectivity index (χ3v) is 6.66. The van der Waals surface area contributed by atoms with E-state index < -0.39 is 47.9 Å². The molecule has 3 atom stereocenters. The van der Waals surface area contributed by atoms with Gasteiger partial charge in [-0.25, -0.2) is 18.6 Å². The number of amides is 2. The van der Waals surface area contributed by atoms with E-state index in [-0.39, 0.29) is 33.6 Å². The number of nitrogen functional groups attached to an aromatic ring is 1. The summed E-state index contributed by atoms with van der Waals surface area (Å²) in [5.74, 6) is -3.18. The standard InChI is InChI=1S/C20H21F2N5O7S2/c1-8(28)33-9(2)34-19(31)15-10(4-5-12(21)22)6-35-18-14(17(30)27(15)18)25-16(29)13(26-32-3)11-7-36-20(23)24-11/h4-5,7,9,12,14,18H,6H2,1-3H3,(H2,23,24)(H,25,29)/b5-4-,26-13-/t9?,14-,18-/m1/s1. The molecular weight excluding hydrogens is 524 g/mol. The zero-order valence-electron chi connectivity index (χ0n) is 19.1. The van der Waals surface area contributed by atoms with Crippen molar-refractivity contribution in [1.29, 1.82) is 0 Å². The molecule has 0 spiro atoms. The van der Waals surface area contributed by atoms with Crippen LogP contribution in [0.4, 0.5) is 13.9 Å². The van der Waals surface area contributed by atoms with Crippen LogP contribution in [-0.2, 0) is 33.5 Å². The van der Waals surface area contributed by atoms with Gasteiger partial charge in [-0.1, -0.05) is 11.2 Å². The number of anilines is 1. The molecule has 1 aromatic rings. The summed E-state index contributed by atoms with van der Waals surface area (Å²) in [4.78, 5) is 59.6. The maximum absolute atomic E-state index is 13.0. The first-order valence-corrected chi connectivity index (χ1v) is 12.1. The van der Waals surface area contributed by atoms with E-state index in [1.165, 1.54) is 19.4 Å². The predicted molar refractivity (Wildman–Crippen MR) is 125 cm³/mol. The molecule has 1 unspecified atom stereocenters. The molecule has 3 rings (SSSR count). The van der Waals surface area contributed by atoms with Gasteiger partial charge in [0, 0.05) is 25.0 Å². The van der Waals surface area contributed by atoms with Gasteiger partial charge in [-0.15, -0.1) is 23.1 Å². The lowest BCUT2D eigenvalue weighted by molar-refractivity contribution is -0.182. The largest absolute Gasteiger partial charge is 0.426 e. The van der Waals surface area contributed by atoms with Crippen molar-refractivity contribution in [3.05, 3.63) is 34.5 Å². The third kappa shape index (κ3) is 5.99. The molecule has 0 aliphatic carbocycles. The number of thiazole rings is 1. The highest BCUT2D eigenvalue weighted by Gasteiger charge is 2.54. The molecule has 36 heavy (non-hydrogen) atoms. The average molecular weight is 546 g/mol. The van der Waals surface area contributed by atoms with Crippen molar-refractivity contribution in [3.63, 3.8) is 0 Å². The zero-order chi connectivity index (χ0) is 26.6. The second kappa shape index (κ2) is 11.5. The molecule has 3 heterocycles. The van der Waals surface area contributed by atoms with Gasteiger partial charge in [-0.2, -0.15) is 0 Å². The summed E-state index contributed by atoms with van der Waals surface area (Å²) in [5.41, 5.74) is 5.35. The number of halogens is 2. The van der Waals surface area contributed by atoms with Crippen LogP contribution < -0.4 is 11.1 Å². The number of hydrogen-bond donors (Lipinski definition) is 2. The number of rotatable bonds is 9. The van der Waals surface area contributed by atoms with E-state index >= 15 is 0 Å². The molecule has 1 saturated heterocycles. The SMILES string of the molecule is CO/N=C(\C(=O)N[C@@H]1C(=O)N2C(C(=O)OC(C)OC(C)=O)=C(/C=C\C(F)F)CS[C@H]12)c1csc(N)n1. The number of hydrogen-bond acceptors (Lipinski definition) is 12. The molecular formula is C20H21F2N5O7S2. The smallest absolute Gasteiger partial charge is 0.358 e. The fraction of sp³-hybridized carbons (Fsp3) is 0.400. The van der Waals surface area contributed by atoms with Crippen molar-refractivity contribution in [3.8, 4) is 0 Å². The molecule has 0 saturated carbocycles. The topological polar surface area (TPSA) is 163 Å². The summed E-state index contributed by atoms with van der Waals surface area (Å²) in [6.07, 6.45) is -2.50. The number of esters is 2. The van der Waals surface area contributed by atoms with Crippen molar-refractivity contribution >= 4 is 57.7 Å². The van der Waals surface area contributed by atoms with Crippen LogP contribution >= 0.6 is 23.1 Å². The van der Waals surface area contributed by atoms with Gasteiger partial charge in [0.1, 0.15) is 29.9 Å². The van der Waals surface area contributed by atoms with Gasteiger partial charge in [0.25, 0.3) is 18.2 Å². The van der Waals surface area contributed by atoms with Crippen LogP contribution in [0.25, 0.3) is 0 Å². The zero-order valence-corrected chi connectivity index (χ0v) is 20.7. The van der Waals surface area contributed by atoms with E-state index in [4.69, 9.17) is 20.0 Å². The van der Waals surface area contributed by atoms with Gasteiger partial charge in [0.05, 0.1) is 0 Å². The summed E-state index contributed by atoms with van der Waals surface area (Å²) >= 11 is 2.22. The molecule has 2 aliphatic heterocycles. The molecule has 1 fully saturated rings. The van der Waals surface area contributed by atoms with Gasteiger partial charge < -0.3 is 25.4 Å². The Bertz CT molecular complexity index is 1150. The Morgan fingerprint density at radius 1 is 1.36 bits per heavy atom. The van der Waals surface area contributed by atoms with E-state index in [1.807, 2.05) is 0 Å². The number of alkyl halides is 2. The summed E-state index contributed by atoms with van der Waals surface area (Å²) < 4.78 is 35.4. The van der Waals surface area contributed by atoms with Crippen molar-refractivity contribution in [2.24, 2.45) is 5.16 Å². The number of allylic oxidation sites excluding steroid dienone is 2. The molecule has 194 valence electrons. The van der Waals surface area contributed by atoms with Gasteiger partial charge in [0.2, 0.25) is 6.29 Å². The Hall–Kier alpha value is -3.53. The number of β-lactam (4-membered cyclic amide) rings is 1. The monoisotopic (exact) mass is 545 g/mol. The van der Waals surface area contributed by atoms with E-state index in [0.29, 0.717) is 6.08 Å². The number of oxime groups is 1. The lowest BCUT2D eigenvalue weighted by Gasteiger charge is -2.49. The second-order valence-corrected chi connectivity index (χ2v) is 9.20. The van der Waals surface area contributed by atoms with E-state index in [0.717, 1.165) is 41.0 Å². The minimum absolute atomic E-state index is 0.0536. The predicted octanol–water partition coefficient (Wildman–Crippen LogP) is 1.00. The van der Waals surface area contributed by atoms with Gasteiger partial charge >= 0.3 is 11.9 Å². The first kappa shape index (κ1) is 27.1. The quantitative estimate of drug-likeness (QED) is 0.150. The minimum Gasteiger partial charge on any atom is -0.426 e. The summed E-state index contributed by atoms with van der Waals surface area (Å²) in [7, 11) is 1.23. The van der Waals surface area contributed by atoms with Crippen molar-refractivity contribution in [2.75, 3.05) is 18.6 Å². The first-order valence-electron chi connectivity index (χ1n) is 10.2. The normalized spacial score (nSPS) is 20.7. The number of aromatic nitrogens is 1.